The quantitative estimate of drug-likeness (QED) is 0.782. The Morgan fingerprint density at radius 1 is 1.50 bits per heavy atom. The molecule has 0 radical (unpaired) electrons. The Morgan fingerprint density at radius 2 is 2.21 bits per heavy atom. The van der Waals surface area contributed by atoms with Crippen molar-refractivity contribution in [1.82, 2.24) is 15.6 Å². The van der Waals surface area contributed by atoms with Crippen molar-refractivity contribution in [1.29, 1.82) is 0 Å². The normalized spacial score (nSPS) is 15.4. The van der Waals surface area contributed by atoms with Crippen molar-refractivity contribution in [2.24, 2.45) is 0 Å². The van der Waals surface area contributed by atoms with Gasteiger partial charge in [0.15, 0.2) is 0 Å². The van der Waals surface area contributed by atoms with Gasteiger partial charge in [0.1, 0.15) is 5.01 Å². The molecule has 0 amide bonds. The first-order chi connectivity index (χ1) is 6.63. The van der Waals surface area contributed by atoms with Crippen LogP contribution in [0, 0.1) is 6.92 Å². The van der Waals surface area contributed by atoms with Gasteiger partial charge in [-0.3, -0.25) is 0 Å². The van der Waals surface area contributed by atoms with Crippen LogP contribution in [0.1, 0.15) is 30.6 Å². The summed E-state index contributed by atoms with van der Waals surface area (Å²) in [6.07, 6.45) is 0. The Kier molecular flexibility index (Phi) is 4.51. The number of rotatable bonds is 5. The predicted octanol–water partition coefficient (Wildman–Crippen LogP) is 1.71. The fourth-order valence-electron chi connectivity index (χ4n) is 1.11. The highest BCUT2D eigenvalue weighted by atomic mass is 32.1. The molecular formula is C10H19N3S. The molecule has 2 N–H and O–H groups in total. The molecule has 14 heavy (non-hydrogen) atoms. The molecular weight excluding hydrogens is 194 g/mol. The summed E-state index contributed by atoms with van der Waals surface area (Å²) in [7, 11) is 1.98. The van der Waals surface area contributed by atoms with Crippen molar-refractivity contribution in [2.45, 2.75) is 32.9 Å². The molecule has 1 aromatic rings. The third-order valence-corrected chi connectivity index (χ3v) is 3.38. The first-order valence-corrected chi connectivity index (χ1v) is 5.84. The van der Waals surface area contributed by atoms with Crippen LogP contribution in [0.25, 0.3) is 0 Å². The molecule has 0 aliphatic carbocycles. The average molecular weight is 213 g/mol. The van der Waals surface area contributed by atoms with E-state index in [9.17, 15) is 0 Å². The van der Waals surface area contributed by atoms with Crippen LogP contribution in [0.4, 0.5) is 0 Å². The second-order valence-corrected chi connectivity index (χ2v) is 4.54. The highest BCUT2D eigenvalue weighted by Gasteiger charge is 2.09. The van der Waals surface area contributed by atoms with Crippen LogP contribution in [-0.4, -0.2) is 24.6 Å². The Hall–Kier alpha value is -0.450. The summed E-state index contributed by atoms with van der Waals surface area (Å²) >= 11 is 1.72. The highest BCUT2D eigenvalue weighted by Crippen LogP contribution is 2.16. The van der Waals surface area contributed by atoms with E-state index in [1.54, 1.807) is 11.3 Å². The SMILES string of the molecule is CNC(C)CNC(C)c1nc(C)cs1. The molecule has 1 aromatic heterocycles. The molecule has 0 aliphatic rings. The van der Waals surface area contributed by atoms with Crippen molar-refractivity contribution >= 4 is 11.3 Å². The highest BCUT2D eigenvalue weighted by molar-refractivity contribution is 7.09. The third kappa shape index (κ3) is 3.36. The van der Waals surface area contributed by atoms with Gasteiger partial charge in [0, 0.05) is 23.7 Å². The van der Waals surface area contributed by atoms with Gasteiger partial charge >= 0.3 is 0 Å². The van der Waals surface area contributed by atoms with Crippen molar-refractivity contribution < 1.29 is 0 Å². The van der Waals surface area contributed by atoms with E-state index in [0.717, 1.165) is 12.2 Å². The summed E-state index contributed by atoms with van der Waals surface area (Å²) in [4.78, 5) is 4.45. The van der Waals surface area contributed by atoms with E-state index in [0.29, 0.717) is 12.1 Å². The van der Waals surface area contributed by atoms with Gasteiger partial charge in [-0.25, -0.2) is 4.98 Å². The Morgan fingerprint density at radius 3 is 2.71 bits per heavy atom. The monoisotopic (exact) mass is 213 g/mol. The molecule has 3 nitrogen and oxygen atoms in total. The maximum atomic E-state index is 4.45. The molecule has 4 heteroatoms. The number of hydrogen-bond acceptors (Lipinski definition) is 4. The molecule has 2 unspecified atom stereocenters. The van der Waals surface area contributed by atoms with Gasteiger partial charge in [0.2, 0.25) is 0 Å². The van der Waals surface area contributed by atoms with Crippen LogP contribution in [-0.2, 0) is 0 Å². The van der Waals surface area contributed by atoms with E-state index < -0.39 is 0 Å². The number of aromatic nitrogens is 1. The minimum Gasteiger partial charge on any atom is -0.316 e. The van der Waals surface area contributed by atoms with Crippen molar-refractivity contribution in [3.8, 4) is 0 Å². The number of thiazole rings is 1. The zero-order valence-corrected chi connectivity index (χ0v) is 10.1. The van der Waals surface area contributed by atoms with E-state index >= 15 is 0 Å². The van der Waals surface area contributed by atoms with Crippen molar-refractivity contribution in [3.63, 3.8) is 0 Å². The van der Waals surface area contributed by atoms with Gasteiger partial charge < -0.3 is 10.6 Å². The standard InChI is InChI=1S/C10H19N3S/c1-7(11-4)5-12-9(3)10-13-8(2)6-14-10/h6-7,9,11-12H,5H2,1-4H3. The summed E-state index contributed by atoms with van der Waals surface area (Å²) in [6, 6.07) is 0.850. The number of nitrogens with one attached hydrogen (secondary N) is 2. The Balaban J connectivity index is 2.39. The van der Waals surface area contributed by atoms with Gasteiger partial charge in [-0.05, 0) is 27.8 Å². The van der Waals surface area contributed by atoms with Gasteiger partial charge in [-0.1, -0.05) is 0 Å². The summed E-state index contributed by atoms with van der Waals surface area (Å²) in [5.74, 6) is 0. The first kappa shape index (κ1) is 11.6. The topological polar surface area (TPSA) is 37.0 Å². The fourth-order valence-corrected chi connectivity index (χ4v) is 1.94. The minimum atomic E-state index is 0.351. The maximum absolute atomic E-state index is 4.45. The van der Waals surface area contributed by atoms with Crippen LogP contribution in [0.2, 0.25) is 0 Å². The van der Waals surface area contributed by atoms with Crippen LogP contribution < -0.4 is 10.6 Å². The van der Waals surface area contributed by atoms with E-state index in [1.165, 1.54) is 5.01 Å². The predicted molar refractivity (Wildman–Crippen MR) is 61.8 cm³/mol. The largest absolute Gasteiger partial charge is 0.316 e. The average Bonchev–Trinajstić information content (AvgIpc) is 2.60. The molecule has 1 heterocycles. The lowest BCUT2D eigenvalue weighted by Gasteiger charge is -2.15. The summed E-state index contributed by atoms with van der Waals surface area (Å²) in [6.45, 7) is 7.31. The first-order valence-electron chi connectivity index (χ1n) is 4.96. The molecule has 0 fully saturated rings. The van der Waals surface area contributed by atoms with Crippen LogP contribution in [0.15, 0.2) is 5.38 Å². The maximum Gasteiger partial charge on any atom is 0.110 e. The number of hydrogen-bond donors (Lipinski definition) is 2. The molecule has 0 bridgehead atoms. The molecule has 2 atom stereocenters. The van der Waals surface area contributed by atoms with Gasteiger partial charge in [-0.15, -0.1) is 11.3 Å². The summed E-state index contributed by atoms with van der Waals surface area (Å²) < 4.78 is 0. The van der Waals surface area contributed by atoms with Crippen LogP contribution >= 0.6 is 11.3 Å². The third-order valence-electron chi connectivity index (χ3n) is 2.23. The second kappa shape index (κ2) is 5.44. The second-order valence-electron chi connectivity index (χ2n) is 3.65. The van der Waals surface area contributed by atoms with E-state index in [4.69, 9.17) is 0 Å². The zero-order chi connectivity index (χ0) is 10.6. The fraction of sp³-hybridized carbons (Fsp3) is 0.700. The van der Waals surface area contributed by atoms with E-state index in [-0.39, 0.29) is 0 Å². The lowest BCUT2D eigenvalue weighted by atomic mass is 10.3. The van der Waals surface area contributed by atoms with Gasteiger partial charge in [0.05, 0.1) is 6.04 Å². The summed E-state index contributed by atoms with van der Waals surface area (Å²) in [5.41, 5.74) is 1.11. The summed E-state index contributed by atoms with van der Waals surface area (Å²) in [5, 5.41) is 9.91. The lowest BCUT2D eigenvalue weighted by Crippen LogP contribution is -2.35. The van der Waals surface area contributed by atoms with Crippen LogP contribution in [0.5, 0.6) is 0 Å². The number of aryl methyl sites for hydroxylation is 1. The number of likely N-dealkylation sites (N-methyl/N-ethyl adjacent to an activating group) is 1. The smallest absolute Gasteiger partial charge is 0.110 e. The van der Waals surface area contributed by atoms with Crippen molar-refractivity contribution in [2.75, 3.05) is 13.6 Å². The minimum absolute atomic E-state index is 0.351. The Labute approximate surface area is 89.9 Å². The molecule has 0 aromatic carbocycles. The van der Waals surface area contributed by atoms with E-state index in [2.05, 4.69) is 34.8 Å². The molecule has 1 rings (SSSR count). The molecule has 0 saturated carbocycles. The zero-order valence-electron chi connectivity index (χ0n) is 9.29. The molecule has 0 spiro atoms. The molecule has 0 aliphatic heterocycles. The lowest BCUT2D eigenvalue weighted by molar-refractivity contribution is 0.492. The van der Waals surface area contributed by atoms with Crippen molar-refractivity contribution in [3.05, 3.63) is 16.1 Å². The van der Waals surface area contributed by atoms with Gasteiger partial charge in [0.25, 0.3) is 0 Å². The van der Waals surface area contributed by atoms with Gasteiger partial charge in [-0.2, -0.15) is 0 Å². The molecule has 0 saturated heterocycles. The number of nitrogens with zero attached hydrogens (tertiary/aromatic N) is 1. The molecule has 80 valence electrons. The van der Waals surface area contributed by atoms with E-state index in [1.807, 2.05) is 14.0 Å². The Bertz CT molecular complexity index is 272. The van der Waals surface area contributed by atoms with Crippen LogP contribution in [0.3, 0.4) is 0 Å².